The highest BCUT2D eigenvalue weighted by molar-refractivity contribution is 7.99. The number of halogens is 2. The standard InChI is InChI=1S/C19H21Cl2NOS2/c1-14-5-7-15(8-6-14)11-25-13-19(23)22-9-10-24-12-16-17(20)3-2-4-18(16)21/h2-8H,9-13H2,1H3,(H,22,23). The highest BCUT2D eigenvalue weighted by atomic mass is 35.5. The second-order valence-electron chi connectivity index (χ2n) is 5.58. The smallest absolute Gasteiger partial charge is 0.230 e. The predicted molar refractivity (Wildman–Crippen MR) is 113 cm³/mol. The number of hydrogen-bond acceptors (Lipinski definition) is 3. The highest BCUT2D eigenvalue weighted by Crippen LogP contribution is 2.27. The Labute approximate surface area is 168 Å². The molecule has 1 N–H and O–H groups in total. The van der Waals surface area contributed by atoms with E-state index in [4.69, 9.17) is 23.2 Å². The summed E-state index contributed by atoms with van der Waals surface area (Å²) in [5.74, 6) is 2.99. The second kappa shape index (κ2) is 11.0. The number of hydrogen-bond donors (Lipinski definition) is 1. The molecule has 25 heavy (non-hydrogen) atoms. The van der Waals surface area contributed by atoms with Gasteiger partial charge in [-0.05, 0) is 30.2 Å². The Balaban J connectivity index is 1.57. The summed E-state index contributed by atoms with van der Waals surface area (Å²) in [6.45, 7) is 2.72. The van der Waals surface area contributed by atoms with E-state index in [1.54, 1.807) is 23.5 Å². The van der Waals surface area contributed by atoms with E-state index in [1.165, 1.54) is 11.1 Å². The van der Waals surface area contributed by atoms with Crippen LogP contribution in [0.3, 0.4) is 0 Å². The molecule has 0 radical (unpaired) electrons. The maximum atomic E-state index is 11.8. The lowest BCUT2D eigenvalue weighted by atomic mass is 10.2. The van der Waals surface area contributed by atoms with Crippen molar-refractivity contribution in [3.05, 3.63) is 69.2 Å². The zero-order valence-corrected chi connectivity index (χ0v) is 17.2. The largest absolute Gasteiger partial charge is 0.355 e. The minimum atomic E-state index is 0.0773. The molecule has 0 atom stereocenters. The summed E-state index contributed by atoms with van der Waals surface area (Å²) in [5.41, 5.74) is 3.45. The van der Waals surface area contributed by atoms with Gasteiger partial charge in [0, 0.05) is 33.8 Å². The summed E-state index contributed by atoms with van der Waals surface area (Å²) >= 11 is 15.6. The van der Waals surface area contributed by atoms with Gasteiger partial charge < -0.3 is 5.32 Å². The van der Waals surface area contributed by atoms with Gasteiger partial charge in [0.05, 0.1) is 5.75 Å². The van der Waals surface area contributed by atoms with Gasteiger partial charge >= 0.3 is 0 Å². The quantitative estimate of drug-likeness (QED) is 0.543. The molecule has 0 fully saturated rings. The number of aryl methyl sites for hydroxylation is 1. The normalized spacial score (nSPS) is 10.7. The van der Waals surface area contributed by atoms with E-state index in [-0.39, 0.29) is 5.91 Å². The Kier molecular flexibility index (Phi) is 9.04. The summed E-state index contributed by atoms with van der Waals surface area (Å²) in [7, 11) is 0. The molecular weight excluding hydrogens is 393 g/mol. The van der Waals surface area contributed by atoms with Crippen LogP contribution in [0.4, 0.5) is 0 Å². The highest BCUT2D eigenvalue weighted by Gasteiger charge is 2.06. The van der Waals surface area contributed by atoms with Crippen molar-refractivity contribution in [1.82, 2.24) is 5.32 Å². The van der Waals surface area contributed by atoms with Crippen LogP contribution >= 0.6 is 46.7 Å². The van der Waals surface area contributed by atoms with Gasteiger partial charge in [0.2, 0.25) is 5.91 Å². The van der Waals surface area contributed by atoms with E-state index in [0.717, 1.165) is 22.8 Å². The molecule has 0 saturated carbocycles. The Morgan fingerprint density at radius 2 is 1.68 bits per heavy atom. The van der Waals surface area contributed by atoms with Crippen LogP contribution in [0.15, 0.2) is 42.5 Å². The minimum Gasteiger partial charge on any atom is -0.355 e. The maximum Gasteiger partial charge on any atom is 0.230 e. The number of thioether (sulfide) groups is 2. The first-order chi connectivity index (χ1) is 12.1. The van der Waals surface area contributed by atoms with Crippen LogP contribution in [0, 0.1) is 6.92 Å². The molecule has 0 saturated heterocycles. The van der Waals surface area contributed by atoms with Gasteiger partial charge in [0.15, 0.2) is 0 Å². The average molecular weight is 414 g/mol. The predicted octanol–water partition coefficient (Wildman–Crippen LogP) is 5.58. The van der Waals surface area contributed by atoms with Crippen molar-refractivity contribution in [1.29, 1.82) is 0 Å². The van der Waals surface area contributed by atoms with Crippen LogP contribution in [0.2, 0.25) is 10.0 Å². The monoisotopic (exact) mass is 413 g/mol. The minimum absolute atomic E-state index is 0.0773. The molecule has 134 valence electrons. The topological polar surface area (TPSA) is 29.1 Å². The lowest BCUT2D eigenvalue weighted by molar-refractivity contribution is -0.118. The Morgan fingerprint density at radius 3 is 2.36 bits per heavy atom. The van der Waals surface area contributed by atoms with E-state index in [2.05, 4.69) is 36.5 Å². The fourth-order valence-electron chi connectivity index (χ4n) is 2.10. The average Bonchev–Trinajstić information content (AvgIpc) is 2.58. The van der Waals surface area contributed by atoms with Crippen molar-refractivity contribution in [2.45, 2.75) is 18.4 Å². The fraction of sp³-hybridized carbons (Fsp3) is 0.316. The third-order valence-electron chi connectivity index (χ3n) is 3.50. The fourth-order valence-corrected chi connectivity index (χ4v) is 4.52. The molecule has 0 spiro atoms. The van der Waals surface area contributed by atoms with E-state index < -0.39 is 0 Å². The van der Waals surface area contributed by atoms with Gasteiger partial charge in [-0.25, -0.2) is 0 Å². The molecule has 0 heterocycles. The van der Waals surface area contributed by atoms with Crippen LogP contribution in [0.5, 0.6) is 0 Å². The van der Waals surface area contributed by atoms with Crippen molar-refractivity contribution in [2.75, 3.05) is 18.1 Å². The van der Waals surface area contributed by atoms with Crippen molar-refractivity contribution in [3.63, 3.8) is 0 Å². The summed E-state index contributed by atoms with van der Waals surface area (Å²) in [6, 6.07) is 13.9. The van der Waals surface area contributed by atoms with E-state index in [9.17, 15) is 4.79 Å². The molecule has 0 aromatic heterocycles. The van der Waals surface area contributed by atoms with E-state index in [1.807, 2.05) is 18.2 Å². The van der Waals surface area contributed by atoms with Crippen LogP contribution in [0.1, 0.15) is 16.7 Å². The molecule has 2 aromatic rings. The number of carbonyl (C=O) groups is 1. The van der Waals surface area contributed by atoms with Crippen molar-refractivity contribution < 1.29 is 4.79 Å². The lowest BCUT2D eigenvalue weighted by Gasteiger charge is -2.08. The number of benzene rings is 2. The van der Waals surface area contributed by atoms with Gasteiger partial charge in [0.1, 0.15) is 0 Å². The molecule has 0 unspecified atom stereocenters. The molecule has 2 rings (SSSR count). The SMILES string of the molecule is Cc1ccc(CSCC(=O)NCCSCc2c(Cl)cccc2Cl)cc1. The Hall–Kier alpha value is -0.810. The van der Waals surface area contributed by atoms with Gasteiger partial charge in [-0.3, -0.25) is 4.79 Å². The summed E-state index contributed by atoms with van der Waals surface area (Å²) in [5, 5.41) is 4.33. The van der Waals surface area contributed by atoms with E-state index >= 15 is 0 Å². The molecular formula is C19H21Cl2NOS2. The van der Waals surface area contributed by atoms with Crippen LogP contribution in [-0.2, 0) is 16.3 Å². The first kappa shape index (κ1) is 20.5. The summed E-state index contributed by atoms with van der Waals surface area (Å²) in [6.07, 6.45) is 0. The number of carbonyl (C=O) groups excluding carboxylic acids is 1. The molecule has 2 aromatic carbocycles. The van der Waals surface area contributed by atoms with Gasteiger partial charge in [-0.1, -0.05) is 59.1 Å². The summed E-state index contributed by atoms with van der Waals surface area (Å²) in [4.78, 5) is 11.8. The van der Waals surface area contributed by atoms with Crippen LogP contribution in [-0.4, -0.2) is 24.0 Å². The number of rotatable bonds is 9. The van der Waals surface area contributed by atoms with E-state index in [0.29, 0.717) is 22.3 Å². The van der Waals surface area contributed by atoms with Crippen LogP contribution in [0.25, 0.3) is 0 Å². The molecule has 0 aliphatic heterocycles. The van der Waals surface area contributed by atoms with Gasteiger partial charge in [-0.2, -0.15) is 11.8 Å². The second-order valence-corrected chi connectivity index (χ2v) is 8.49. The third-order valence-corrected chi connectivity index (χ3v) is 6.20. The molecule has 1 amide bonds. The lowest BCUT2D eigenvalue weighted by Crippen LogP contribution is -2.27. The van der Waals surface area contributed by atoms with Gasteiger partial charge in [0.25, 0.3) is 0 Å². The first-order valence-electron chi connectivity index (χ1n) is 7.97. The molecule has 2 nitrogen and oxygen atoms in total. The molecule has 0 aliphatic rings. The maximum absolute atomic E-state index is 11.8. The van der Waals surface area contributed by atoms with Crippen molar-refractivity contribution in [2.24, 2.45) is 0 Å². The number of amides is 1. The zero-order valence-electron chi connectivity index (χ0n) is 14.1. The first-order valence-corrected chi connectivity index (χ1v) is 11.0. The zero-order chi connectivity index (χ0) is 18.1. The molecule has 6 heteroatoms. The number of nitrogens with one attached hydrogen (secondary N) is 1. The Bertz CT molecular complexity index is 672. The Morgan fingerprint density at radius 1 is 1.00 bits per heavy atom. The van der Waals surface area contributed by atoms with Crippen molar-refractivity contribution in [3.8, 4) is 0 Å². The third kappa shape index (κ3) is 7.53. The van der Waals surface area contributed by atoms with Crippen molar-refractivity contribution >= 4 is 52.6 Å². The summed E-state index contributed by atoms with van der Waals surface area (Å²) < 4.78 is 0. The molecule has 0 aliphatic carbocycles. The molecule has 0 bridgehead atoms. The van der Waals surface area contributed by atoms with Gasteiger partial charge in [-0.15, -0.1) is 11.8 Å². The van der Waals surface area contributed by atoms with Crippen LogP contribution < -0.4 is 5.32 Å².